The maximum Gasteiger partial charge on any atom is 0.274 e. The van der Waals surface area contributed by atoms with Gasteiger partial charge in [0, 0.05) is 24.3 Å². The number of hydrogen-bond acceptors (Lipinski definition) is 3. The minimum atomic E-state index is -0.295. The van der Waals surface area contributed by atoms with Crippen molar-refractivity contribution in [2.75, 3.05) is 26.7 Å². The Balaban J connectivity index is 0.00000210. The summed E-state index contributed by atoms with van der Waals surface area (Å²) in [5, 5.41) is 7.77. The zero-order chi connectivity index (χ0) is 18.3. The third-order valence-corrected chi connectivity index (χ3v) is 5.53. The number of amides is 1. The number of likely N-dealkylation sites (tertiary alicyclic amines) is 1. The van der Waals surface area contributed by atoms with Gasteiger partial charge in [0.05, 0.1) is 0 Å². The molecule has 0 saturated carbocycles. The van der Waals surface area contributed by atoms with Crippen molar-refractivity contribution in [3.05, 3.63) is 46.5 Å². The van der Waals surface area contributed by atoms with Gasteiger partial charge in [0.2, 0.25) is 0 Å². The molecular weight excluding hydrogens is 367 g/mol. The summed E-state index contributed by atoms with van der Waals surface area (Å²) < 4.78 is 16.1. The molecule has 1 fully saturated rings. The Morgan fingerprint density at radius 2 is 2.19 bits per heavy atom. The van der Waals surface area contributed by atoms with Crippen LogP contribution in [0.15, 0.2) is 18.2 Å². The fraction of sp³-hybridized carbons (Fsp3) is 0.500. The summed E-state index contributed by atoms with van der Waals surface area (Å²) in [7, 11) is 1.94. The number of hydrogen-bond donors (Lipinski definition) is 1. The van der Waals surface area contributed by atoms with E-state index in [-0.39, 0.29) is 24.1 Å². The quantitative estimate of drug-likeness (QED) is 0.870. The summed E-state index contributed by atoms with van der Waals surface area (Å²) in [4.78, 5) is 15.0. The molecule has 1 aliphatic heterocycles. The molecule has 1 atom stereocenters. The van der Waals surface area contributed by atoms with Gasteiger partial charge in [-0.15, -0.1) is 12.4 Å². The third kappa shape index (κ3) is 3.60. The highest BCUT2D eigenvalue weighted by atomic mass is 35.5. The van der Waals surface area contributed by atoms with Crippen LogP contribution in [0.4, 0.5) is 4.39 Å². The van der Waals surface area contributed by atoms with Crippen molar-refractivity contribution in [3.8, 4) is 5.69 Å². The first-order chi connectivity index (χ1) is 12.6. The van der Waals surface area contributed by atoms with E-state index in [2.05, 4.69) is 10.4 Å². The Bertz CT molecular complexity index is 851. The normalized spacial score (nSPS) is 18.5. The van der Waals surface area contributed by atoms with Crippen molar-refractivity contribution >= 4 is 18.3 Å². The first kappa shape index (κ1) is 19.8. The summed E-state index contributed by atoms with van der Waals surface area (Å²) in [5.41, 5.74) is 3.82. The Morgan fingerprint density at radius 3 is 2.93 bits per heavy atom. The van der Waals surface area contributed by atoms with Crippen LogP contribution in [0.5, 0.6) is 0 Å². The molecule has 1 aliphatic carbocycles. The molecule has 146 valence electrons. The number of nitrogens with one attached hydrogen (secondary N) is 1. The van der Waals surface area contributed by atoms with E-state index in [1.165, 1.54) is 6.07 Å². The second-order valence-electron chi connectivity index (χ2n) is 7.46. The zero-order valence-corrected chi connectivity index (χ0v) is 16.6. The molecule has 1 N–H and O–H groups in total. The van der Waals surface area contributed by atoms with Gasteiger partial charge in [0.1, 0.15) is 11.5 Å². The number of carbonyl (C=O) groups is 1. The maximum atomic E-state index is 14.5. The van der Waals surface area contributed by atoms with Gasteiger partial charge in [-0.3, -0.25) is 4.79 Å². The van der Waals surface area contributed by atoms with Crippen LogP contribution in [-0.4, -0.2) is 47.3 Å². The van der Waals surface area contributed by atoms with Gasteiger partial charge in [0.15, 0.2) is 5.69 Å². The van der Waals surface area contributed by atoms with Gasteiger partial charge in [-0.05, 0) is 69.8 Å². The molecule has 1 amide bonds. The predicted molar refractivity (Wildman–Crippen MR) is 105 cm³/mol. The van der Waals surface area contributed by atoms with Crippen molar-refractivity contribution in [2.45, 2.75) is 32.6 Å². The van der Waals surface area contributed by atoms with Crippen molar-refractivity contribution in [3.63, 3.8) is 0 Å². The van der Waals surface area contributed by atoms with Crippen LogP contribution in [0.3, 0.4) is 0 Å². The number of aromatic nitrogens is 2. The van der Waals surface area contributed by atoms with E-state index >= 15 is 0 Å². The number of halogens is 2. The van der Waals surface area contributed by atoms with E-state index in [1.807, 2.05) is 24.9 Å². The molecule has 5 nitrogen and oxygen atoms in total. The molecule has 2 aromatic rings. The van der Waals surface area contributed by atoms with E-state index in [9.17, 15) is 9.18 Å². The average molecular weight is 393 g/mol. The highest BCUT2D eigenvalue weighted by Gasteiger charge is 2.33. The highest BCUT2D eigenvalue weighted by Crippen LogP contribution is 2.30. The average Bonchev–Trinajstić information content (AvgIpc) is 3.31. The fourth-order valence-electron chi connectivity index (χ4n) is 4.21. The van der Waals surface area contributed by atoms with Crippen LogP contribution in [0.1, 0.15) is 40.2 Å². The number of nitrogens with zero attached hydrogens (tertiary/aromatic N) is 3. The summed E-state index contributed by atoms with van der Waals surface area (Å²) in [5.74, 6) is 0.193. The minimum absolute atomic E-state index is 0. The van der Waals surface area contributed by atoms with Crippen molar-refractivity contribution in [1.82, 2.24) is 20.0 Å². The molecule has 0 radical (unpaired) electrons. The number of aryl methyl sites for hydroxylation is 1. The Labute approximate surface area is 165 Å². The monoisotopic (exact) mass is 392 g/mol. The molecule has 2 aliphatic rings. The SMILES string of the molecule is CNCC1CCN(C(=O)c2nn(-c3ccc(C)cc3F)c3c2CCC3)C1.Cl. The first-order valence-corrected chi connectivity index (χ1v) is 9.39. The third-order valence-electron chi connectivity index (χ3n) is 5.53. The van der Waals surface area contributed by atoms with E-state index in [0.29, 0.717) is 17.3 Å². The Morgan fingerprint density at radius 1 is 1.37 bits per heavy atom. The molecule has 0 bridgehead atoms. The van der Waals surface area contributed by atoms with Gasteiger partial charge in [0.25, 0.3) is 5.91 Å². The van der Waals surface area contributed by atoms with Gasteiger partial charge >= 0.3 is 0 Å². The van der Waals surface area contributed by atoms with Crippen LogP contribution >= 0.6 is 12.4 Å². The predicted octanol–water partition coefficient (Wildman–Crippen LogP) is 2.91. The smallest absolute Gasteiger partial charge is 0.274 e. The van der Waals surface area contributed by atoms with Crippen LogP contribution < -0.4 is 5.32 Å². The van der Waals surface area contributed by atoms with Gasteiger partial charge in [-0.2, -0.15) is 5.10 Å². The number of carbonyl (C=O) groups excluding carboxylic acids is 1. The standard InChI is InChI=1S/C20H25FN4O.ClH/c1-13-6-7-18(16(21)10-13)25-17-5-3-4-15(17)19(23-25)20(26)24-9-8-14(12-24)11-22-2;/h6-7,10,14,22H,3-5,8-9,11-12H2,1-2H3;1H. The Hall–Kier alpha value is -1.92. The van der Waals surface area contributed by atoms with Crippen molar-refractivity contribution < 1.29 is 9.18 Å². The van der Waals surface area contributed by atoms with E-state index in [1.54, 1.807) is 10.7 Å². The highest BCUT2D eigenvalue weighted by molar-refractivity contribution is 5.94. The number of benzene rings is 1. The molecule has 1 saturated heterocycles. The van der Waals surface area contributed by atoms with Crippen LogP contribution in [-0.2, 0) is 12.8 Å². The second-order valence-corrected chi connectivity index (χ2v) is 7.46. The second kappa shape index (κ2) is 7.98. The summed E-state index contributed by atoms with van der Waals surface area (Å²) in [6, 6.07) is 5.15. The maximum absolute atomic E-state index is 14.5. The molecule has 1 aromatic heterocycles. The molecular formula is C20H26ClFN4O. The molecule has 1 unspecified atom stereocenters. The fourth-order valence-corrected chi connectivity index (χ4v) is 4.21. The summed E-state index contributed by atoms with van der Waals surface area (Å²) in [6.07, 6.45) is 3.69. The molecule has 4 rings (SSSR count). The first-order valence-electron chi connectivity index (χ1n) is 9.39. The Kier molecular flexibility index (Phi) is 5.86. The van der Waals surface area contributed by atoms with Crippen molar-refractivity contribution in [2.24, 2.45) is 5.92 Å². The van der Waals surface area contributed by atoms with E-state index < -0.39 is 0 Å². The number of rotatable bonds is 4. The lowest BCUT2D eigenvalue weighted by molar-refractivity contribution is 0.0780. The lowest BCUT2D eigenvalue weighted by atomic mass is 10.1. The van der Waals surface area contributed by atoms with Gasteiger partial charge in [-0.1, -0.05) is 6.07 Å². The lowest BCUT2D eigenvalue weighted by Gasteiger charge is -2.16. The molecule has 27 heavy (non-hydrogen) atoms. The molecule has 1 aromatic carbocycles. The topological polar surface area (TPSA) is 50.2 Å². The van der Waals surface area contributed by atoms with E-state index in [4.69, 9.17) is 0 Å². The summed E-state index contributed by atoms with van der Waals surface area (Å²) >= 11 is 0. The van der Waals surface area contributed by atoms with Crippen LogP contribution in [0.2, 0.25) is 0 Å². The van der Waals surface area contributed by atoms with Gasteiger partial charge in [-0.25, -0.2) is 9.07 Å². The van der Waals surface area contributed by atoms with E-state index in [0.717, 1.165) is 62.1 Å². The largest absolute Gasteiger partial charge is 0.337 e. The molecule has 7 heteroatoms. The zero-order valence-electron chi connectivity index (χ0n) is 15.8. The van der Waals surface area contributed by atoms with Crippen LogP contribution in [0.25, 0.3) is 5.69 Å². The minimum Gasteiger partial charge on any atom is -0.337 e. The van der Waals surface area contributed by atoms with Gasteiger partial charge < -0.3 is 10.2 Å². The molecule has 0 spiro atoms. The van der Waals surface area contributed by atoms with Crippen molar-refractivity contribution in [1.29, 1.82) is 0 Å². The number of fused-ring (bicyclic) bond motifs is 1. The summed E-state index contributed by atoms with van der Waals surface area (Å²) in [6.45, 7) is 4.32. The molecule has 2 heterocycles. The lowest BCUT2D eigenvalue weighted by Crippen LogP contribution is -2.31. The van der Waals surface area contributed by atoms with Crippen LogP contribution in [0, 0.1) is 18.7 Å².